The molecule has 1 N–H and O–H groups in total. The molecule has 1 atom stereocenters. The van der Waals surface area contributed by atoms with Crippen LogP contribution in [0.4, 0.5) is 0 Å². The van der Waals surface area contributed by atoms with E-state index < -0.39 is 0 Å². The Labute approximate surface area is 156 Å². The maximum Gasteiger partial charge on any atom is 0.0628 e. The van der Waals surface area contributed by atoms with Gasteiger partial charge in [-0.15, -0.1) is 0 Å². The van der Waals surface area contributed by atoms with Gasteiger partial charge in [-0.25, -0.2) is 0 Å². The standard InChI is InChI=1S/C24H25NO/c26-20-24(23-16-8-3-9-17-23)25(19-22-13-6-2-7-14-22)18-10-15-21-11-4-1-5-12-21/h1-17,24,26H,18-20H2/b15-10+/t24-/m1/s1. The van der Waals surface area contributed by atoms with Crippen LogP contribution in [0.5, 0.6) is 0 Å². The smallest absolute Gasteiger partial charge is 0.0628 e. The monoisotopic (exact) mass is 343 g/mol. The van der Waals surface area contributed by atoms with Crippen LogP contribution in [0.1, 0.15) is 22.7 Å². The predicted molar refractivity (Wildman–Crippen MR) is 109 cm³/mol. The Morgan fingerprint density at radius 1 is 0.769 bits per heavy atom. The Bertz CT molecular complexity index is 784. The summed E-state index contributed by atoms with van der Waals surface area (Å²) in [7, 11) is 0. The molecule has 3 aromatic carbocycles. The third-order valence-electron chi connectivity index (χ3n) is 4.48. The van der Waals surface area contributed by atoms with E-state index >= 15 is 0 Å². The Balaban J connectivity index is 1.79. The van der Waals surface area contributed by atoms with Crippen molar-refractivity contribution in [3.63, 3.8) is 0 Å². The van der Waals surface area contributed by atoms with Gasteiger partial charge >= 0.3 is 0 Å². The first kappa shape index (κ1) is 18.1. The van der Waals surface area contributed by atoms with Crippen LogP contribution in [-0.2, 0) is 6.54 Å². The lowest BCUT2D eigenvalue weighted by Gasteiger charge is -2.30. The molecule has 0 spiro atoms. The van der Waals surface area contributed by atoms with Crippen LogP contribution in [-0.4, -0.2) is 23.2 Å². The van der Waals surface area contributed by atoms with Gasteiger partial charge in [0.2, 0.25) is 0 Å². The van der Waals surface area contributed by atoms with E-state index in [1.165, 1.54) is 11.1 Å². The van der Waals surface area contributed by atoms with Gasteiger partial charge in [-0.3, -0.25) is 4.90 Å². The van der Waals surface area contributed by atoms with E-state index in [2.05, 4.69) is 65.6 Å². The number of hydrogen-bond acceptors (Lipinski definition) is 2. The molecule has 0 aliphatic carbocycles. The minimum absolute atomic E-state index is 0.0307. The highest BCUT2D eigenvalue weighted by atomic mass is 16.3. The largest absolute Gasteiger partial charge is 0.394 e. The van der Waals surface area contributed by atoms with Crippen LogP contribution in [0.25, 0.3) is 6.08 Å². The normalized spacial score (nSPS) is 12.5. The van der Waals surface area contributed by atoms with Crippen molar-refractivity contribution in [3.8, 4) is 0 Å². The SMILES string of the molecule is OC[C@H](c1ccccc1)N(C/C=C/c1ccccc1)Cc1ccccc1. The minimum atomic E-state index is -0.0307. The zero-order valence-electron chi connectivity index (χ0n) is 14.9. The lowest BCUT2D eigenvalue weighted by atomic mass is 10.0. The van der Waals surface area contributed by atoms with Crippen LogP contribution < -0.4 is 0 Å². The Morgan fingerprint density at radius 2 is 1.35 bits per heavy atom. The van der Waals surface area contributed by atoms with Crippen molar-refractivity contribution in [1.82, 2.24) is 4.90 Å². The first-order chi connectivity index (χ1) is 12.9. The van der Waals surface area contributed by atoms with Crippen molar-refractivity contribution < 1.29 is 5.11 Å². The van der Waals surface area contributed by atoms with Crippen LogP contribution in [0.3, 0.4) is 0 Å². The number of benzene rings is 3. The van der Waals surface area contributed by atoms with Gasteiger partial charge in [0, 0.05) is 13.1 Å². The molecule has 0 heterocycles. The first-order valence-corrected chi connectivity index (χ1v) is 9.02. The average Bonchev–Trinajstić information content (AvgIpc) is 2.71. The van der Waals surface area contributed by atoms with E-state index in [0.717, 1.165) is 18.7 Å². The van der Waals surface area contributed by atoms with Crippen molar-refractivity contribution >= 4 is 6.08 Å². The van der Waals surface area contributed by atoms with Gasteiger partial charge in [-0.05, 0) is 16.7 Å². The Kier molecular flexibility index (Phi) is 6.77. The fourth-order valence-corrected chi connectivity index (χ4v) is 3.12. The Hall–Kier alpha value is -2.68. The summed E-state index contributed by atoms with van der Waals surface area (Å²) >= 11 is 0. The molecule has 0 fully saturated rings. The molecule has 2 heteroatoms. The van der Waals surface area contributed by atoms with E-state index in [1.807, 2.05) is 42.5 Å². The Morgan fingerprint density at radius 3 is 1.96 bits per heavy atom. The maximum atomic E-state index is 10.1. The van der Waals surface area contributed by atoms with Crippen molar-refractivity contribution in [1.29, 1.82) is 0 Å². The summed E-state index contributed by atoms with van der Waals surface area (Å²) in [6.45, 7) is 1.65. The van der Waals surface area contributed by atoms with Gasteiger partial charge in [-0.2, -0.15) is 0 Å². The van der Waals surface area contributed by atoms with E-state index in [0.29, 0.717) is 0 Å². The van der Waals surface area contributed by atoms with E-state index in [9.17, 15) is 5.11 Å². The van der Waals surface area contributed by atoms with Crippen LogP contribution in [0.2, 0.25) is 0 Å². The molecule has 3 aromatic rings. The minimum Gasteiger partial charge on any atom is -0.394 e. The van der Waals surface area contributed by atoms with Crippen molar-refractivity contribution in [2.45, 2.75) is 12.6 Å². The average molecular weight is 343 g/mol. The molecule has 0 aliphatic heterocycles. The lowest BCUT2D eigenvalue weighted by molar-refractivity contribution is 0.128. The number of aliphatic hydroxyl groups is 1. The van der Waals surface area contributed by atoms with Gasteiger partial charge in [0.05, 0.1) is 12.6 Å². The molecule has 132 valence electrons. The summed E-state index contributed by atoms with van der Waals surface area (Å²) in [5, 5.41) is 10.1. The molecule has 2 nitrogen and oxygen atoms in total. The van der Waals surface area contributed by atoms with Crippen molar-refractivity contribution in [3.05, 3.63) is 114 Å². The lowest BCUT2D eigenvalue weighted by Crippen LogP contribution is -2.31. The summed E-state index contributed by atoms with van der Waals surface area (Å²) in [5.41, 5.74) is 3.57. The molecule has 0 bridgehead atoms. The fraction of sp³-hybridized carbons (Fsp3) is 0.167. The fourth-order valence-electron chi connectivity index (χ4n) is 3.12. The van der Waals surface area contributed by atoms with E-state index in [4.69, 9.17) is 0 Å². The molecule has 26 heavy (non-hydrogen) atoms. The quantitative estimate of drug-likeness (QED) is 0.626. The van der Waals surface area contributed by atoms with Crippen LogP contribution >= 0.6 is 0 Å². The highest BCUT2D eigenvalue weighted by Gasteiger charge is 2.18. The molecule has 0 amide bonds. The summed E-state index contributed by atoms with van der Waals surface area (Å²) in [6.07, 6.45) is 4.31. The van der Waals surface area contributed by atoms with Gasteiger partial charge in [0.15, 0.2) is 0 Å². The summed E-state index contributed by atoms with van der Waals surface area (Å²) in [6, 6.07) is 30.9. The van der Waals surface area contributed by atoms with Crippen LogP contribution in [0, 0.1) is 0 Å². The second kappa shape index (κ2) is 9.71. The zero-order chi connectivity index (χ0) is 18.0. The number of nitrogens with zero attached hydrogens (tertiary/aromatic N) is 1. The molecular weight excluding hydrogens is 318 g/mol. The van der Waals surface area contributed by atoms with Gasteiger partial charge in [-0.1, -0.05) is 103 Å². The van der Waals surface area contributed by atoms with E-state index in [-0.39, 0.29) is 12.6 Å². The molecule has 0 aromatic heterocycles. The summed E-state index contributed by atoms with van der Waals surface area (Å²) < 4.78 is 0. The topological polar surface area (TPSA) is 23.5 Å². The van der Waals surface area contributed by atoms with Gasteiger partial charge < -0.3 is 5.11 Å². The second-order valence-electron chi connectivity index (χ2n) is 6.34. The van der Waals surface area contributed by atoms with Crippen molar-refractivity contribution in [2.24, 2.45) is 0 Å². The molecule has 0 saturated carbocycles. The molecule has 0 radical (unpaired) electrons. The number of aliphatic hydroxyl groups excluding tert-OH is 1. The number of rotatable bonds is 8. The third-order valence-corrected chi connectivity index (χ3v) is 4.48. The predicted octanol–water partition coefficient (Wildman–Crippen LogP) is 4.94. The summed E-state index contributed by atoms with van der Waals surface area (Å²) in [5.74, 6) is 0. The third kappa shape index (κ3) is 5.16. The maximum absolute atomic E-state index is 10.1. The zero-order valence-corrected chi connectivity index (χ0v) is 14.9. The molecule has 0 saturated heterocycles. The number of hydrogen-bond donors (Lipinski definition) is 1. The molecular formula is C24H25NO. The molecule has 0 unspecified atom stereocenters. The van der Waals surface area contributed by atoms with Gasteiger partial charge in [0.25, 0.3) is 0 Å². The van der Waals surface area contributed by atoms with Crippen molar-refractivity contribution in [2.75, 3.05) is 13.2 Å². The molecule has 3 rings (SSSR count). The van der Waals surface area contributed by atoms with E-state index in [1.54, 1.807) is 0 Å². The highest BCUT2D eigenvalue weighted by molar-refractivity contribution is 5.48. The summed E-state index contributed by atoms with van der Waals surface area (Å²) in [4.78, 5) is 2.31. The first-order valence-electron chi connectivity index (χ1n) is 9.02. The molecule has 0 aliphatic rings. The highest BCUT2D eigenvalue weighted by Crippen LogP contribution is 2.22. The second-order valence-corrected chi connectivity index (χ2v) is 6.34. The van der Waals surface area contributed by atoms with Crippen LogP contribution in [0.15, 0.2) is 97.1 Å². The van der Waals surface area contributed by atoms with Gasteiger partial charge in [0.1, 0.15) is 0 Å².